The zero-order valence-corrected chi connectivity index (χ0v) is 14.6. The SMILES string of the molecule is CC(C)CCCCCCCCCCCCCOCC1CO1. The lowest BCUT2D eigenvalue weighted by molar-refractivity contribution is 0.113. The molecule has 1 fully saturated rings. The summed E-state index contributed by atoms with van der Waals surface area (Å²) in [5.41, 5.74) is 0. The second kappa shape index (κ2) is 13.6. The molecule has 1 saturated heterocycles. The van der Waals surface area contributed by atoms with Gasteiger partial charge in [-0.25, -0.2) is 0 Å². The second-order valence-electron chi connectivity index (χ2n) is 7.10. The number of hydrogen-bond acceptors (Lipinski definition) is 2. The van der Waals surface area contributed by atoms with E-state index in [0.29, 0.717) is 6.10 Å². The van der Waals surface area contributed by atoms with Crippen molar-refractivity contribution in [2.75, 3.05) is 19.8 Å². The predicted molar refractivity (Wildman–Crippen MR) is 90.8 cm³/mol. The minimum atomic E-state index is 0.426. The number of rotatable bonds is 16. The highest BCUT2D eigenvalue weighted by molar-refractivity contribution is 4.66. The molecule has 1 aliphatic heterocycles. The molecule has 0 N–H and O–H groups in total. The molecule has 1 aliphatic rings. The van der Waals surface area contributed by atoms with Crippen molar-refractivity contribution >= 4 is 0 Å². The molecule has 126 valence electrons. The Morgan fingerprint density at radius 2 is 1.29 bits per heavy atom. The Hall–Kier alpha value is -0.0800. The van der Waals surface area contributed by atoms with Crippen LogP contribution < -0.4 is 0 Å². The molecule has 1 heterocycles. The fourth-order valence-corrected chi connectivity index (χ4v) is 2.73. The highest BCUT2D eigenvalue weighted by atomic mass is 16.6. The van der Waals surface area contributed by atoms with Crippen LogP contribution in [0.2, 0.25) is 0 Å². The monoisotopic (exact) mass is 298 g/mol. The lowest BCUT2D eigenvalue weighted by atomic mass is 10.0. The molecule has 2 heteroatoms. The molecule has 21 heavy (non-hydrogen) atoms. The average molecular weight is 299 g/mol. The van der Waals surface area contributed by atoms with Crippen LogP contribution in [0.25, 0.3) is 0 Å². The van der Waals surface area contributed by atoms with Gasteiger partial charge in [0.25, 0.3) is 0 Å². The normalized spacial score (nSPS) is 17.6. The van der Waals surface area contributed by atoms with Gasteiger partial charge in [0.15, 0.2) is 0 Å². The first-order valence-electron chi connectivity index (χ1n) is 9.48. The van der Waals surface area contributed by atoms with Gasteiger partial charge in [-0.2, -0.15) is 0 Å². The third-order valence-electron chi connectivity index (χ3n) is 4.28. The fraction of sp³-hybridized carbons (Fsp3) is 1.00. The Morgan fingerprint density at radius 1 is 0.810 bits per heavy atom. The Kier molecular flexibility index (Phi) is 12.3. The van der Waals surface area contributed by atoms with Gasteiger partial charge in [0.1, 0.15) is 6.10 Å². The van der Waals surface area contributed by atoms with Gasteiger partial charge in [-0.1, -0.05) is 84.5 Å². The van der Waals surface area contributed by atoms with E-state index in [4.69, 9.17) is 9.47 Å². The van der Waals surface area contributed by atoms with Crippen molar-refractivity contribution in [3.63, 3.8) is 0 Å². The highest BCUT2D eigenvalue weighted by Crippen LogP contribution is 2.14. The Morgan fingerprint density at radius 3 is 1.76 bits per heavy atom. The van der Waals surface area contributed by atoms with Crippen LogP contribution in [0.3, 0.4) is 0 Å². The van der Waals surface area contributed by atoms with Crippen molar-refractivity contribution in [3.05, 3.63) is 0 Å². The predicted octanol–water partition coefficient (Wildman–Crippen LogP) is 5.74. The van der Waals surface area contributed by atoms with Crippen molar-refractivity contribution in [1.82, 2.24) is 0 Å². The van der Waals surface area contributed by atoms with Gasteiger partial charge in [0.2, 0.25) is 0 Å². The number of unbranched alkanes of at least 4 members (excludes halogenated alkanes) is 10. The zero-order chi connectivity index (χ0) is 15.2. The van der Waals surface area contributed by atoms with Crippen molar-refractivity contribution in [1.29, 1.82) is 0 Å². The maximum Gasteiger partial charge on any atom is 0.104 e. The molecular weight excluding hydrogens is 260 g/mol. The Balaban J connectivity index is 1.61. The summed E-state index contributed by atoms with van der Waals surface area (Å²) in [6.45, 7) is 7.31. The molecule has 0 saturated carbocycles. The molecule has 1 atom stereocenters. The van der Waals surface area contributed by atoms with Crippen molar-refractivity contribution in [2.24, 2.45) is 5.92 Å². The number of hydrogen-bond donors (Lipinski definition) is 0. The molecule has 0 aromatic heterocycles. The van der Waals surface area contributed by atoms with E-state index in [2.05, 4.69) is 13.8 Å². The quantitative estimate of drug-likeness (QED) is 0.268. The third-order valence-corrected chi connectivity index (χ3v) is 4.28. The first-order chi connectivity index (χ1) is 10.3. The Labute approximate surface area is 133 Å². The van der Waals surface area contributed by atoms with E-state index < -0.39 is 0 Å². The van der Waals surface area contributed by atoms with E-state index in [9.17, 15) is 0 Å². The highest BCUT2D eigenvalue weighted by Gasteiger charge is 2.21. The van der Waals surface area contributed by atoms with E-state index in [1.807, 2.05) is 0 Å². The summed E-state index contributed by atoms with van der Waals surface area (Å²) >= 11 is 0. The second-order valence-corrected chi connectivity index (χ2v) is 7.10. The van der Waals surface area contributed by atoms with Crippen LogP contribution in [-0.2, 0) is 9.47 Å². The van der Waals surface area contributed by atoms with Crippen LogP contribution in [-0.4, -0.2) is 25.9 Å². The standard InChI is InChI=1S/C19H38O2/c1-18(2)14-12-10-8-6-4-3-5-7-9-11-13-15-20-16-19-17-21-19/h18-19H,3-17H2,1-2H3. The first kappa shape index (κ1) is 19.0. The summed E-state index contributed by atoms with van der Waals surface area (Å²) in [5, 5.41) is 0. The van der Waals surface area contributed by atoms with Gasteiger partial charge < -0.3 is 9.47 Å². The molecule has 1 rings (SSSR count). The molecule has 0 aliphatic carbocycles. The van der Waals surface area contributed by atoms with Crippen LogP contribution in [0.15, 0.2) is 0 Å². The van der Waals surface area contributed by atoms with Gasteiger partial charge in [0, 0.05) is 6.61 Å². The Bertz CT molecular complexity index is 198. The zero-order valence-electron chi connectivity index (χ0n) is 14.6. The third kappa shape index (κ3) is 14.6. The first-order valence-corrected chi connectivity index (χ1v) is 9.48. The minimum Gasteiger partial charge on any atom is -0.379 e. The molecule has 0 bridgehead atoms. The van der Waals surface area contributed by atoms with Crippen LogP contribution in [0, 0.1) is 5.92 Å². The average Bonchev–Trinajstić information content (AvgIpc) is 3.27. The molecule has 0 aromatic carbocycles. The molecule has 1 unspecified atom stereocenters. The van der Waals surface area contributed by atoms with Gasteiger partial charge in [-0.15, -0.1) is 0 Å². The summed E-state index contributed by atoms with van der Waals surface area (Å²) in [5.74, 6) is 0.887. The number of ether oxygens (including phenoxy) is 2. The smallest absolute Gasteiger partial charge is 0.104 e. The van der Waals surface area contributed by atoms with Gasteiger partial charge >= 0.3 is 0 Å². The van der Waals surface area contributed by atoms with E-state index in [1.165, 1.54) is 77.0 Å². The summed E-state index contributed by atoms with van der Waals surface area (Å²) in [4.78, 5) is 0. The van der Waals surface area contributed by atoms with E-state index >= 15 is 0 Å². The molecule has 0 amide bonds. The largest absolute Gasteiger partial charge is 0.379 e. The fourth-order valence-electron chi connectivity index (χ4n) is 2.73. The molecule has 2 nitrogen and oxygen atoms in total. The van der Waals surface area contributed by atoms with Crippen molar-refractivity contribution in [3.8, 4) is 0 Å². The summed E-state index contributed by atoms with van der Waals surface area (Å²) in [6.07, 6.45) is 17.3. The molecule has 0 aromatic rings. The van der Waals surface area contributed by atoms with E-state index in [1.54, 1.807) is 0 Å². The molecular formula is C19H38O2. The summed E-state index contributed by atoms with van der Waals surface area (Å²) in [6, 6.07) is 0. The number of epoxide rings is 1. The van der Waals surface area contributed by atoms with Crippen molar-refractivity contribution in [2.45, 2.75) is 97.0 Å². The lowest BCUT2D eigenvalue weighted by Crippen LogP contribution is -2.02. The van der Waals surface area contributed by atoms with Crippen LogP contribution in [0.4, 0.5) is 0 Å². The molecule has 0 spiro atoms. The topological polar surface area (TPSA) is 21.8 Å². The lowest BCUT2D eigenvalue weighted by Gasteiger charge is -2.05. The van der Waals surface area contributed by atoms with Crippen LogP contribution in [0.1, 0.15) is 90.9 Å². The van der Waals surface area contributed by atoms with Gasteiger partial charge in [-0.05, 0) is 12.3 Å². The van der Waals surface area contributed by atoms with Crippen LogP contribution in [0.5, 0.6) is 0 Å². The van der Waals surface area contributed by atoms with E-state index in [0.717, 1.165) is 25.7 Å². The maximum absolute atomic E-state index is 5.54. The minimum absolute atomic E-state index is 0.426. The summed E-state index contributed by atoms with van der Waals surface area (Å²) < 4.78 is 10.6. The van der Waals surface area contributed by atoms with Gasteiger partial charge in [-0.3, -0.25) is 0 Å². The van der Waals surface area contributed by atoms with Crippen molar-refractivity contribution < 1.29 is 9.47 Å². The molecule has 0 radical (unpaired) electrons. The van der Waals surface area contributed by atoms with Gasteiger partial charge in [0.05, 0.1) is 13.2 Å². The van der Waals surface area contributed by atoms with E-state index in [-0.39, 0.29) is 0 Å². The maximum atomic E-state index is 5.54. The van der Waals surface area contributed by atoms with Crippen LogP contribution >= 0.6 is 0 Å². The summed E-state index contributed by atoms with van der Waals surface area (Å²) in [7, 11) is 0.